The smallest absolute Gasteiger partial charge is 0.367 e. The van der Waals surface area contributed by atoms with Crippen molar-refractivity contribution in [1.82, 2.24) is 4.98 Å². The van der Waals surface area contributed by atoms with E-state index in [0.717, 1.165) is 25.7 Å². The van der Waals surface area contributed by atoms with Crippen LogP contribution < -0.4 is 5.43 Å². The molecule has 1 heterocycles. The Morgan fingerprint density at radius 1 is 1.06 bits per heavy atom. The minimum absolute atomic E-state index is 0.00339. The number of hydrogen-bond acceptors (Lipinski definition) is 8. The first kappa shape index (κ1) is 35.9. The van der Waals surface area contributed by atoms with Crippen LogP contribution in [0.1, 0.15) is 83.0 Å². The molecule has 274 valence electrons. The molecule has 0 aliphatic heterocycles. The molecule has 0 unspecified atom stereocenters. The highest BCUT2D eigenvalue weighted by molar-refractivity contribution is 6.08. The number of nitrogens with zero attached hydrogens (tertiary/aromatic N) is 1. The molecule has 4 aliphatic carbocycles. The molecular weight excluding hydrogens is 663 g/mol. The molecule has 0 saturated heterocycles. The molecular formula is C42H47FN2O7. The molecule has 52 heavy (non-hydrogen) atoms. The molecule has 0 spiro atoms. The van der Waals surface area contributed by atoms with Crippen LogP contribution in [0.5, 0.6) is 0 Å². The van der Waals surface area contributed by atoms with Crippen molar-refractivity contribution in [3.8, 4) is 0 Å². The summed E-state index contributed by atoms with van der Waals surface area (Å²) < 4.78 is 21.8. The second-order valence-corrected chi connectivity index (χ2v) is 15.9. The lowest BCUT2D eigenvalue weighted by Gasteiger charge is -2.59. The number of alkyl halides is 1. The normalized spacial score (nSPS) is 32.9. The molecule has 3 aromatic rings. The van der Waals surface area contributed by atoms with Crippen molar-refractivity contribution in [2.45, 2.75) is 84.9 Å². The number of hydrogen-bond donors (Lipinski definition) is 2. The summed E-state index contributed by atoms with van der Waals surface area (Å²) in [5.74, 6) is -2.10. The fourth-order valence-electron chi connectivity index (χ4n) is 10.5. The van der Waals surface area contributed by atoms with E-state index in [0.29, 0.717) is 40.2 Å². The summed E-state index contributed by atoms with van der Waals surface area (Å²) in [5, 5.41) is 16.8. The number of ketones is 1. The molecule has 2 aromatic carbocycles. The van der Waals surface area contributed by atoms with E-state index >= 15 is 4.39 Å². The second-order valence-electron chi connectivity index (χ2n) is 15.9. The molecule has 9 nitrogen and oxygen atoms in total. The van der Waals surface area contributed by atoms with Gasteiger partial charge in [-0.1, -0.05) is 70.0 Å². The third kappa shape index (κ3) is 6.02. The number of rotatable bonds is 9. The molecule has 0 radical (unpaired) electrons. The third-order valence-corrected chi connectivity index (χ3v) is 12.7. The second kappa shape index (κ2) is 13.8. The van der Waals surface area contributed by atoms with Crippen molar-refractivity contribution in [3.63, 3.8) is 0 Å². The lowest BCUT2D eigenvalue weighted by atomic mass is 9.46. The van der Waals surface area contributed by atoms with Crippen LogP contribution in [0.4, 0.5) is 4.39 Å². The van der Waals surface area contributed by atoms with Gasteiger partial charge in [0.15, 0.2) is 11.2 Å². The first-order chi connectivity index (χ1) is 24.9. The van der Waals surface area contributed by atoms with Gasteiger partial charge in [-0.05, 0) is 90.8 Å². The summed E-state index contributed by atoms with van der Waals surface area (Å²) in [6.07, 6.45) is 7.31. The number of carbonyl (C=O) groups excluding carboxylic acids is 3. The number of H-pyrrole nitrogens is 1. The fraction of sp³-hybridized carbons (Fsp3) is 0.500. The topological polar surface area (TPSA) is 135 Å². The van der Waals surface area contributed by atoms with E-state index in [-0.39, 0.29) is 65.2 Å². The number of carbonyl (C=O) groups is 3. The highest BCUT2D eigenvalue weighted by atomic mass is 19.1. The van der Waals surface area contributed by atoms with Crippen LogP contribution in [0, 0.1) is 40.4 Å². The molecule has 0 amide bonds. The summed E-state index contributed by atoms with van der Waals surface area (Å²) in [6.45, 7) is 7.83. The van der Waals surface area contributed by atoms with Gasteiger partial charge >= 0.3 is 11.9 Å². The van der Waals surface area contributed by atoms with E-state index < -0.39 is 35.0 Å². The van der Waals surface area contributed by atoms with Crippen LogP contribution in [-0.4, -0.2) is 52.4 Å². The number of para-hydroxylation sites is 2. The highest BCUT2D eigenvalue weighted by Gasteiger charge is 2.65. The number of nitrogens with one attached hydrogen (secondary N) is 1. The average molecular weight is 711 g/mol. The Kier molecular flexibility index (Phi) is 9.57. The van der Waals surface area contributed by atoms with Gasteiger partial charge in [-0.2, -0.15) is 0 Å². The quantitative estimate of drug-likeness (QED) is 0.0777. The van der Waals surface area contributed by atoms with Crippen molar-refractivity contribution in [2.24, 2.45) is 45.6 Å². The van der Waals surface area contributed by atoms with Crippen molar-refractivity contribution in [3.05, 3.63) is 82.1 Å². The van der Waals surface area contributed by atoms with Crippen LogP contribution in [0.2, 0.25) is 0 Å². The number of unbranched alkanes of at least 4 members (excludes halogenated alkanes) is 2. The van der Waals surface area contributed by atoms with E-state index in [9.17, 15) is 24.3 Å². The van der Waals surface area contributed by atoms with Crippen LogP contribution in [0.15, 0.2) is 76.2 Å². The number of esters is 1. The van der Waals surface area contributed by atoms with E-state index in [2.05, 4.69) is 24.0 Å². The molecule has 7 rings (SSSR count). The molecule has 10 heteroatoms. The van der Waals surface area contributed by atoms with Gasteiger partial charge in [0.2, 0.25) is 0 Å². The Bertz CT molecular complexity index is 2080. The number of benzene rings is 2. The first-order valence-electron chi connectivity index (χ1n) is 18.6. The van der Waals surface area contributed by atoms with Crippen molar-refractivity contribution < 1.29 is 33.5 Å². The number of halogens is 1. The highest BCUT2D eigenvalue weighted by Crippen LogP contribution is 2.67. The maximum atomic E-state index is 16.4. The van der Waals surface area contributed by atoms with Gasteiger partial charge in [0.05, 0.1) is 17.2 Å². The molecule has 3 saturated carbocycles. The zero-order valence-electron chi connectivity index (χ0n) is 30.2. The fourth-order valence-corrected chi connectivity index (χ4v) is 10.5. The number of aliphatic hydroxyl groups is 1. The Balaban J connectivity index is 1.09. The Morgan fingerprint density at radius 2 is 1.83 bits per heavy atom. The SMILES string of the molecule is CCCCCC(=O)OCC(=O)[C@H]1[C@H](C)C[C@H]2[C@@H]3C[C@H](F)C4=C/C(=N/OC(=O)c5cccc6c(=O)c7ccccc7[nH]c56)C=C[C@]4(C)[C@H]3[C@@H](O)C[C@@]21C. The van der Waals surface area contributed by atoms with Gasteiger partial charge in [0, 0.05) is 40.0 Å². The van der Waals surface area contributed by atoms with Gasteiger partial charge in [-0.25, -0.2) is 9.18 Å². The maximum absolute atomic E-state index is 16.4. The van der Waals surface area contributed by atoms with E-state index in [4.69, 9.17) is 9.57 Å². The van der Waals surface area contributed by atoms with Gasteiger partial charge in [-0.15, -0.1) is 0 Å². The minimum atomic E-state index is -1.34. The zero-order valence-corrected chi connectivity index (χ0v) is 30.2. The molecule has 9 atom stereocenters. The Hall–Kier alpha value is -4.44. The predicted octanol–water partition coefficient (Wildman–Crippen LogP) is 7.41. The molecule has 2 N–H and O–H groups in total. The Labute approximate surface area is 302 Å². The molecule has 4 aliphatic rings. The third-order valence-electron chi connectivity index (χ3n) is 12.7. The number of aliphatic hydroxyl groups excluding tert-OH is 1. The molecule has 1 aromatic heterocycles. The standard InChI is InChI=1S/C42H47FN2O7/c1-5-6-7-15-35(48)51-22-34(47)36-23(2)18-29-28-20-31(43)30-19-24(16-17-41(30,3)37(28)33(46)21-42(29,36)4)45-52-40(50)27-13-10-12-26-38(27)44-32-14-9-8-11-25(32)39(26)49/h8-14,16-17,19,23,28-29,31,33,36-37,46H,5-7,15,18,20-22H2,1-4H3,(H,44,49)/b45-24+/t23-,28+,29+,31+,33+,36-,37-,41+,42+/m1/s1. The van der Waals surface area contributed by atoms with E-state index in [1.165, 1.54) is 0 Å². The Morgan fingerprint density at radius 3 is 2.62 bits per heavy atom. The number of pyridine rings is 1. The number of aromatic amines is 1. The van der Waals surface area contributed by atoms with Gasteiger partial charge < -0.3 is 19.7 Å². The zero-order chi connectivity index (χ0) is 36.9. The lowest BCUT2D eigenvalue weighted by molar-refractivity contribution is -0.155. The summed E-state index contributed by atoms with van der Waals surface area (Å²) in [4.78, 5) is 60.9. The minimum Gasteiger partial charge on any atom is -0.458 e. The number of Topliss-reactive ketones (excluding diaryl/α,β-unsaturated/α-hetero) is 1. The van der Waals surface area contributed by atoms with Gasteiger partial charge in [-0.3, -0.25) is 14.4 Å². The predicted molar refractivity (Wildman–Crippen MR) is 196 cm³/mol. The largest absolute Gasteiger partial charge is 0.458 e. The van der Waals surface area contributed by atoms with Crippen LogP contribution in [-0.2, 0) is 19.2 Å². The van der Waals surface area contributed by atoms with E-state index in [1.54, 1.807) is 54.6 Å². The van der Waals surface area contributed by atoms with Gasteiger partial charge in [0.25, 0.3) is 0 Å². The number of allylic oxidation sites excluding steroid dienone is 4. The summed E-state index contributed by atoms with van der Waals surface area (Å²) in [5.41, 5.74) is 0.245. The van der Waals surface area contributed by atoms with Crippen LogP contribution >= 0.6 is 0 Å². The summed E-state index contributed by atoms with van der Waals surface area (Å²) in [6, 6.07) is 11.9. The molecule has 3 fully saturated rings. The van der Waals surface area contributed by atoms with Gasteiger partial charge in [0.1, 0.15) is 18.5 Å². The number of aromatic nitrogens is 1. The first-order valence-corrected chi connectivity index (χ1v) is 18.6. The van der Waals surface area contributed by atoms with Crippen molar-refractivity contribution in [1.29, 1.82) is 0 Å². The van der Waals surface area contributed by atoms with Crippen LogP contribution in [0.25, 0.3) is 21.8 Å². The summed E-state index contributed by atoms with van der Waals surface area (Å²) in [7, 11) is 0. The van der Waals surface area contributed by atoms with Crippen LogP contribution in [0.3, 0.4) is 0 Å². The maximum Gasteiger partial charge on any atom is 0.367 e. The van der Waals surface area contributed by atoms with E-state index in [1.807, 2.05) is 19.9 Å². The number of fused-ring (bicyclic) bond motifs is 7. The van der Waals surface area contributed by atoms with Crippen molar-refractivity contribution >= 4 is 45.2 Å². The number of oxime groups is 1. The summed E-state index contributed by atoms with van der Waals surface area (Å²) >= 11 is 0. The lowest BCUT2D eigenvalue weighted by Crippen LogP contribution is -2.58. The molecule has 0 bridgehead atoms. The average Bonchev–Trinajstić information content (AvgIpc) is 3.39. The van der Waals surface area contributed by atoms with Crippen molar-refractivity contribution in [2.75, 3.05) is 6.61 Å². The number of ether oxygens (including phenoxy) is 1. The monoisotopic (exact) mass is 710 g/mol.